The van der Waals surface area contributed by atoms with Crippen LogP contribution in [-0.4, -0.2) is 18.1 Å². The molecule has 1 aliphatic carbocycles. The molecule has 2 aromatic carbocycles. The van der Waals surface area contributed by atoms with Gasteiger partial charge in [0.15, 0.2) is 11.5 Å². The van der Waals surface area contributed by atoms with Crippen molar-refractivity contribution in [2.75, 3.05) is 0 Å². The van der Waals surface area contributed by atoms with Crippen LogP contribution in [0.4, 0.5) is 0 Å². The summed E-state index contributed by atoms with van der Waals surface area (Å²) < 4.78 is 11.7. The highest BCUT2D eigenvalue weighted by Gasteiger charge is 2.38. The molecule has 2 aromatic rings. The standard InChI is InChI=1S/C20H21NO3/c1-13-19(24-17-10-6-5-9-16(17)23-13)20(22)21-18(15-11-12-15)14-7-3-2-4-8-14/h2-10,13,15,18-19H,11-12H2,1H3,(H,21,22). The first-order valence-corrected chi connectivity index (χ1v) is 8.50. The highest BCUT2D eigenvalue weighted by molar-refractivity contribution is 5.82. The van der Waals surface area contributed by atoms with Gasteiger partial charge in [0.2, 0.25) is 6.10 Å². The number of para-hydroxylation sites is 2. The van der Waals surface area contributed by atoms with Gasteiger partial charge in [-0.2, -0.15) is 0 Å². The predicted octanol–water partition coefficient (Wildman–Crippen LogP) is 3.48. The lowest BCUT2D eigenvalue weighted by Crippen LogP contribution is -2.50. The number of nitrogens with one attached hydrogen (secondary N) is 1. The van der Waals surface area contributed by atoms with E-state index in [1.807, 2.05) is 49.4 Å². The minimum Gasteiger partial charge on any atom is -0.482 e. The molecule has 0 saturated heterocycles. The lowest BCUT2D eigenvalue weighted by atomic mass is 10.0. The van der Waals surface area contributed by atoms with Gasteiger partial charge in [-0.25, -0.2) is 0 Å². The van der Waals surface area contributed by atoms with Crippen LogP contribution in [0, 0.1) is 5.92 Å². The van der Waals surface area contributed by atoms with E-state index in [2.05, 4.69) is 17.4 Å². The number of hydrogen-bond donors (Lipinski definition) is 1. The molecule has 3 atom stereocenters. The molecule has 1 aliphatic heterocycles. The quantitative estimate of drug-likeness (QED) is 0.937. The van der Waals surface area contributed by atoms with Crippen LogP contribution < -0.4 is 14.8 Å². The number of ether oxygens (including phenoxy) is 2. The van der Waals surface area contributed by atoms with E-state index in [1.54, 1.807) is 0 Å². The van der Waals surface area contributed by atoms with Crippen LogP contribution in [0.15, 0.2) is 54.6 Å². The van der Waals surface area contributed by atoms with Gasteiger partial charge in [0.1, 0.15) is 6.10 Å². The number of rotatable bonds is 4. The largest absolute Gasteiger partial charge is 0.482 e. The van der Waals surface area contributed by atoms with Gasteiger partial charge in [0.25, 0.3) is 5.91 Å². The van der Waals surface area contributed by atoms with Gasteiger partial charge < -0.3 is 14.8 Å². The van der Waals surface area contributed by atoms with Gasteiger partial charge in [-0.15, -0.1) is 0 Å². The van der Waals surface area contributed by atoms with E-state index in [1.165, 1.54) is 0 Å². The fourth-order valence-corrected chi connectivity index (χ4v) is 3.20. The average Bonchev–Trinajstić information content (AvgIpc) is 3.44. The molecule has 0 bridgehead atoms. The minimum absolute atomic E-state index is 0.0478. The Labute approximate surface area is 141 Å². The van der Waals surface area contributed by atoms with Crippen molar-refractivity contribution in [3.05, 3.63) is 60.2 Å². The zero-order chi connectivity index (χ0) is 16.5. The second-order valence-electron chi connectivity index (χ2n) is 6.54. The normalized spacial score (nSPS) is 23.4. The van der Waals surface area contributed by atoms with Crippen LogP contribution in [0.5, 0.6) is 11.5 Å². The lowest BCUT2D eigenvalue weighted by molar-refractivity contribution is -0.134. The Morgan fingerprint density at radius 1 is 1.00 bits per heavy atom. The summed E-state index contributed by atoms with van der Waals surface area (Å²) in [5.41, 5.74) is 1.15. The topological polar surface area (TPSA) is 47.6 Å². The molecule has 2 aliphatic rings. The Kier molecular flexibility index (Phi) is 3.89. The number of carbonyl (C=O) groups is 1. The van der Waals surface area contributed by atoms with Crippen molar-refractivity contribution < 1.29 is 14.3 Å². The molecule has 4 rings (SSSR count). The zero-order valence-electron chi connectivity index (χ0n) is 13.6. The summed E-state index contributed by atoms with van der Waals surface area (Å²) in [6, 6.07) is 17.7. The Morgan fingerprint density at radius 2 is 1.62 bits per heavy atom. The molecule has 0 radical (unpaired) electrons. The summed E-state index contributed by atoms with van der Waals surface area (Å²) in [6.45, 7) is 1.87. The average molecular weight is 323 g/mol. The second kappa shape index (κ2) is 6.19. The molecule has 1 fully saturated rings. The van der Waals surface area contributed by atoms with Gasteiger partial charge in [0, 0.05) is 0 Å². The first kappa shape index (κ1) is 15.1. The van der Waals surface area contributed by atoms with Crippen molar-refractivity contribution in [3.8, 4) is 11.5 Å². The third kappa shape index (κ3) is 2.96. The van der Waals surface area contributed by atoms with Crippen LogP contribution >= 0.6 is 0 Å². The van der Waals surface area contributed by atoms with Crippen molar-refractivity contribution in [2.24, 2.45) is 5.92 Å². The number of benzene rings is 2. The van der Waals surface area contributed by atoms with E-state index >= 15 is 0 Å². The Morgan fingerprint density at radius 3 is 2.29 bits per heavy atom. The highest BCUT2D eigenvalue weighted by atomic mass is 16.6. The van der Waals surface area contributed by atoms with Crippen molar-refractivity contribution in [3.63, 3.8) is 0 Å². The monoisotopic (exact) mass is 323 g/mol. The third-order valence-electron chi connectivity index (χ3n) is 4.65. The van der Waals surface area contributed by atoms with Crippen LogP contribution in [0.1, 0.15) is 31.4 Å². The first-order chi connectivity index (χ1) is 11.7. The van der Waals surface area contributed by atoms with Crippen LogP contribution in [0.2, 0.25) is 0 Å². The highest BCUT2D eigenvalue weighted by Crippen LogP contribution is 2.41. The van der Waals surface area contributed by atoms with Crippen LogP contribution in [0.3, 0.4) is 0 Å². The zero-order valence-corrected chi connectivity index (χ0v) is 13.6. The second-order valence-corrected chi connectivity index (χ2v) is 6.54. The summed E-state index contributed by atoms with van der Waals surface area (Å²) in [4.78, 5) is 12.8. The van der Waals surface area contributed by atoms with E-state index in [-0.39, 0.29) is 18.1 Å². The van der Waals surface area contributed by atoms with E-state index in [0.717, 1.165) is 18.4 Å². The Hall–Kier alpha value is -2.49. The molecule has 0 aromatic heterocycles. The molecule has 1 saturated carbocycles. The van der Waals surface area contributed by atoms with Gasteiger partial charge >= 0.3 is 0 Å². The van der Waals surface area contributed by atoms with Crippen molar-refractivity contribution in [1.29, 1.82) is 0 Å². The Bertz CT molecular complexity index is 727. The molecule has 1 heterocycles. The molecular weight excluding hydrogens is 302 g/mol. The molecule has 124 valence electrons. The van der Waals surface area contributed by atoms with E-state index < -0.39 is 6.10 Å². The van der Waals surface area contributed by atoms with Gasteiger partial charge in [-0.05, 0) is 43.4 Å². The number of carbonyl (C=O) groups excluding carboxylic acids is 1. The maximum atomic E-state index is 12.8. The molecule has 1 N–H and O–H groups in total. The fourth-order valence-electron chi connectivity index (χ4n) is 3.20. The summed E-state index contributed by atoms with van der Waals surface area (Å²) in [5, 5.41) is 3.18. The van der Waals surface area contributed by atoms with Crippen molar-refractivity contribution in [1.82, 2.24) is 5.32 Å². The van der Waals surface area contributed by atoms with E-state index in [9.17, 15) is 4.79 Å². The van der Waals surface area contributed by atoms with Crippen LogP contribution in [0.25, 0.3) is 0 Å². The summed E-state index contributed by atoms with van der Waals surface area (Å²) in [6.07, 6.45) is 1.35. The van der Waals surface area contributed by atoms with E-state index in [0.29, 0.717) is 17.4 Å². The SMILES string of the molecule is CC1Oc2ccccc2OC1C(=O)NC(c1ccccc1)C1CC1. The molecule has 4 heteroatoms. The maximum Gasteiger partial charge on any atom is 0.265 e. The summed E-state index contributed by atoms with van der Waals surface area (Å²) in [7, 11) is 0. The Balaban J connectivity index is 1.51. The molecule has 4 nitrogen and oxygen atoms in total. The summed E-state index contributed by atoms with van der Waals surface area (Å²) in [5.74, 6) is 1.72. The minimum atomic E-state index is -0.634. The smallest absolute Gasteiger partial charge is 0.265 e. The third-order valence-corrected chi connectivity index (χ3v) is 4.65. The molecule has 1 amide bonds. The lowest BCUT2D eigenvalue weighted by Gasteiger charge is -2.32. The van der Waals surface area contributed by atoms with E-state index in [4.69, 9.17) is 9.47 Å². The van der Waals surface area contributed by atoms with Gasteiger partial charge in [-0.1, -0.05) is 42.5 Å². The molecular formula is C20H21NO3. The first-order valence-electron chi connectivity index (χ1n) is 8.50. The number of hydrogen-bond acceptors (Lipinski definition) is 3. The van der Waals surface area contributed by atoms with Crippen molar-refractivity contribution in [2.45, 2.75) is 38.0 Å². The molecule has 0 spiro atoms. The van der Waals surface area contributed by atoms with Gasteiger partial charge in [-0.3, -0.25) is 4.79 Å². The number of fused-ring (bicyclic) bond motifs is 1. The van der Waals surface area contributed by atoms with Crippen LogP contribution in [-0.2, 0) is 4.79 Å². The van der Waals surface area contributed by atoms with Crippen molar-refractivity contribution >= 4 is 5.91 Å². The summed E-state index contributed by atoms with van der Waals surface area (Å²) >= 11 is 0. The van der Waals surface area contributed by atoms with Gasteiger partial charge in [0.05, 0.1) is 6.04 Å². The number of amides is 1. The molecule has 3 unspecified atom stereocenters. The molecule has 24 heavy (non-hydrogen) atoms. The fraction of sp³-hybridized carbons (Fsp3) is 0.350. The maximum absolute atomic E-state index is 12.8. The predicted molar refractivity (Wildman–Crippen MR) is 91.0 cm³/mol.